The van der Waals surface area contributed by atoms with Gasteiger partial charge in [0, 0.05) is 0 Å². The van der Waals surface area contributed by atoms with Gasteiger partial charge in [0.05, 0.1) is 16.7 Å². The molecule has 0 fully saturated rings. The summed E-state index contributed by atoms with van der Waals surface area (Å²) in [6, 6.07) is 23.4. The Kier molecular flexibility index (Phi) is 3.58. The molecule has 0 saturated heterocycles. The molecule has 2 aromatic heterocycles. The lowest BCUT2D eigenvalue weighted by atomic mass is 10.1. The quantitative estimate of drug-likeness (QED) is 0.486. The van der Waals surface area contributed by atoms with Gasteiger partial charge in [-0.25, -0.2) is 4.98 Å². The first-order chi connectivity index (χ1) is 11.4. The highest BCUT2D eigenvalue weighted by Crippen LogP contribution is 2.28. The smallest absolute Gasteiger partial charge is 0.141 e. The van der Waals surface area contributed by atoms with E-state index >= 15 is 0 Å². The Bertz CT molecular complexity index is 952. The van der Waals surface area contributed by atoms with E-state index in [9.17, 15) is 0 Å². The van der Waals surface area contributed by atoms with Crippen molar-refractivity contribution in [3.63, 3.8) is 0 Å². The lowest BCUT2D eigenvalue weighted by molar-refractivity contribution is 0.795. The van der Waals surface area contributed by atoms with Crippen molar-refractivity contribution in [2.24, 2.45) is 0 Å². The summed E-state index contributed by atoms with van der Waals surface area (Å²) < 4.78 is 2.32. The van der Waals surface area contributed by atoms with Crippen LogP contribution in [0.15, 0.2) is 66.7 Å². The van der Waals surface area contributed by atoms with E-state index in [1.807, 2.05) is 0 Å². The molecule has 0 aliphatic heterocycles. The lowest BCUT2D eigenvalue weighted by Crippen LogP contribution is -1.97. The van der Waals surface area contributed by atoms with Gasteiger partial charge in [0.25, 0.3) is 0 Å². The highest BCUT2D eigenvalue weighted by Gasteiger charge is 2.12. The van der Waals surface area contributed by atoms with E-state index in [1.165, 1.54) is 35.2 Å². The predicted molar refractivity (Wildman–Crippen MR) is 96.7 cm³/mol. The van der Waals surface area contributed by atoms with E-state index in [4.69, 9.17) is 4.98 Å². The molecule has 4 aromatic rings. The first-order valence-electron chi connectivity index (χ1n) is 8.33. The second-order valence-electron chi connectivity index (χ2n) is 5.97. The maximum Gasteiger partial charge on any atom is 0.141 e. The monoisotopic (exact) mass is 300 g/mol. The molecule has 0 aliphatic carbocycles. The van der Waals surface area contributed by atoms with Gasteiger partial charge in [-0.1, -0.05) is 61.9 Å². The van der Waals surface area contributed by atoms with Gasteiger partial charge in [0.2, 0.25) is 0 Å². The molecule has 114 valence electrons. The van der Waals surface area contributed by atoms with Gasteiger partial charge >= 0.3 is 0 Å². The molecule has 23 heavy (non-hydrogen) atoms. The standard InChI is InChI=1S/C21H20N2/c1-2-3-9-17-14-15-19(16-10-5-4-6-11-16)23-20-13-8-7-12-18(20)22-21(17)23/h4-8,10-15H,2-3,9H2,1H3. The minimum Gasteiger partial charge on any atom is -0.292 e. The average Bonchev–Trinajstić information content (AvgIpc) is 3.00. The van der Waals surface area contributed by atoms with Crippen LogP contribution in [-0.4, -0.2) is 9.38 Å². The number of benzene rings is 2. The number of aryl methyl sites for hydroxylation is 1. The summed E-state index contributed by atoms with van der Waals surface area (Å²) in [5.74, 6) is 0. The predicted octanol–water partition coefficient (Wildman–Crippen LogP) is 5.50. The number of aromatic nitrogens is 2. The van der Waals surface area contributed by atoms with Crippen molar-refractivity contribution >= 4 is 16.7 Å². The Morgan fingerprint density at radius 2 is 1.65 bits per heavy atom. The zero-order valence-electron chi connectivity index (χ0n) is 13.4. The minimum absolute atomic E-state index is 1.06. The highest BCUT2D eigenvalue weighted by molar-refractivity contribution is 5.84. The zero-order valence-corrected chi connectivity index (χ0v) is 13.4. The van der Waals surface area contributed by atoms with Crippen molar-refractivity contribution in [3.8, 4) is 11.3 Å². The third-order valence-corrected chi connectivity index (χ3v) is 4.40. The van der Waals surface area contributed by atoms with Crippen LogP contribution >= 0.6 is 0 Å². The zero-order chi connectivity index (χ0) is 15.6. The van der Waals surface area contributed by atoms with Crippen molar-refractivity contribution in [1.82, 2.24) is 9.38 Å². The molecule has 0 N–H and O–H groups in total. The van der Waals surface area contributed by atoms with Crippen LogP contribution in [0.2, 0.25) is 0 Å². The van der Waals surface area contributed by atoms with Gasteiger partial charge < -0.3 is 0 Å². The van der Waals surface area contributed by atoms with Crippen molar-refractivity contribution in [3.05, 3.63) is 72.3 Å². The Labute approximate surface area is 136 Å². The second-order valence-corrected chi connectivity index (χ2v) is 5.97. The molecule has 0 unspecified atom stereocenters. The number of nitrogens with zero attached hydrogens (tertiary/aromatic N) is 2. The van der Waals surface area contributed by atoms with Crippen molar-refractivity contribution in [2.45, 2.75) is 26.2 Å². The first-order valence-corrected chi connectivity index (χ1v) is 8.33. The molecule has 0 radical (unpaired) electrons. The maximum absolute atomic E-state index is 4.92. The van der Waals surface area contributed by atoms with E-state index in [0.717, 1.165) is 17.6 Å². The molecule has 0 spiro atoms. The van der Waals surface area contributed by atoms with Crippen LogP contribution in [0.3, 0.4) is 0 Å². The summed E-state index contributed by atoms with van der Waals surface area (Å²) in [4.78, 5) is 4.92. The molecule has 2 heteroatoms. The molecule has 0 bridgehead atoms. The average molecular weight is 300 g/mol. The van der Waals surface area contributed by atoms with Gasteiger partial charge in [0.1, 0.15) is 5.65 Å². The second kappa shape index (κ2) is 5.88. The Morgan fingerprint density at radius 1 is 0.870 bits per heavy atom. The number of rotatable bonds is 4. The largest absolute Gasteiger partial charge is 0.292 e. The molecule has 4 rings (SSSR count). The summed E-state index contributed by atoms with van der Waals surface area (Å²) in [6.07, 6.45) is 3.48. The van der Waals surface area contributed by atoms with Gasteiger partial charge in [0.15, 0.2) is 0 Å². The Balaban J connectivity index is 2.04. The lowest BCUT2D eigenvalue weighted by Gasteiger charge is -2.10. The van der Waals surface area contributed by atoms with Crippen LogP contribution in [0.1, 0.15) is 25.3 Å². The van der Waals surface area contributed by atoms with E-state index in [0.29, 0.717) is 0 Å². The molecule has 2 aromatic carbocycles. The summed E-state index contributed by atoms with van der Waals surface area (Å²) in [6.45, 7) is 2.23. The van der Waals surface area contributed by atoms with Crippen molar-refractivity contribution < 1.29 is 0 Å². The fourth-order valence-electron chi connectivity index (χ4n) is 3.21. The number of unbranched alkanes of at least 4 members (excludes halogenated alkanes) is 1. The van der Waals surface area contributed by atoms with E-state index in [2.05, 4.69) is 78.1 Å². The fraction of sp³-hybridized carbons (Fsp3) is 0.190. The van der Waals surface area contributed by atoms with Gasteiger partial charge in [-0.3, -0.25) is 4.40 Å². The SMILES string of the molecule is CCCCc1ccc(-c2ccccc2)n2c1nc1ccccc12. The number of imidazole rings is 1. The molecular formula is C21H20N2. The van der Waals surface area contributed by atoms with Crippen LogP contribution in [-0.2, 0) is 6.42 Å². The normalized spacial score (nSPS) is 11.3. The van der Waals surface area contributed by atoms with E-state index < -0.39 is 0 Å². The first kappa shape index (κ1) is 14.0. The molecule has 0 atom stereocenters. The van der Waals surface area contributed by atoms with E-state index in [-0.39, 0.29) is 0 Å². The highest BCUT2D eigenvalue weighted by atomic mass is 15.0. The maximum atomic E-state index is 4.92. The molecule has 2 nitrogen and oxygen atoms in total. The van der Waals surface area contributed by atoms with Crippen LogP contribution in [0.4, 0.5) is 0 Å². The number of para-hydroxylation sites is 2. The summed E-state index contributed by atoms with van der Waals surface area (Å²) >= 11 is 0. The molecule has 0 aliphatic rings. The van der Waals surface area contributed by atoms with Gasteiger partial charge in [-0.2, -0.15) is 0 Å². The molecule has 0 amide bonds. The third-order valence-electron chi connectivity index (χ3n) is 4.40. The molecule has 2 heterocycles. The van der Waals surface area contributed by atoms with E-state index in [1.54, 1.807) is 0 Å². The summed E-state index contributed by atoms with van der Waals surface area (Å²) in [5, 5.41) is 0. The van der Waals surface area contributed by atoms with Gasteiger partial charge in [-0.15, -0.1) is 0 Å². The van der Waals surface area contributed by atoms with Crippen LogP contribution in [0, 0.1) is 0 Å². The number of hydrogen-bond donors (Lipinski definition) is 0. The Morgan fingerprint density at radius 3 is 2.48 bits per heavy atom. The number of pyridine rings is 1. The molecule has 0 saturated carbocycles. The number of hydrogen-bond acceptors (Lipinski definition) is 1. The fourth-order valence-corrected chi connectivity index (χ4v) is 3.21. The molecular weight excluding hydrogens is 280 g/mol. The van der Waals surface area contributed by atoms with Gasteiger partial charge in [-0.05, 0) is 42.2 Å². The third kappa shape index (κ3) is 2.40. The van der Waals surface area contributed by atoms with Crippen LogP contribution in [0.5, 0.6) is 0 Å². The topological polar surface area (TPSA) is 17.3 Å². The van der Waals surface area contributed by atoms with Crippen molar-refractivity contribution in [1.29, 1.82) is 0 Å². The Hall–Kier alpha value is -2.61. The summed E-state index contributed by atoms with van der Waals surface area (Å²) in [5.41, 5.74) is 7.11. The number of fused-ring (bicyclic) bond motifs is 3. The van der Waals surface area contributed by atoms with Crippen LogP contribution in [0.25, 0.3) is 27.9 Å². The minimum atomic E-state index is 1.06. The van der Waals surface area contributed by atoms with Crippen molar-refractivity contribution in [2.75, 3.05) is 0 Å². The van der Waals surface area contributed by atoms with Crippen LogP contribution < -0.4 is 0 Å². The summed E-state index contributed by atoms with van der Waals surface area (Å²) in [7, 11) is 0.